The lowest BCUT2D eigenvalue weighted by molar-refractivity contribution is -0.167. The highest BCUT2D eigenvalue weighted by Gasteiger charge is 2.55. The predicted molar refractivity (Wildman–Crippen MR) is 107 cm³/mol. The second-order valence-corrected chi connectivity index (χ2v) is 8.22. The van der Waals surface area contributed by atoms with Gasteiger partial charge in [-0.2, -0.15) is 13.2 Å². The molecule has 1 fully saturated rings. The van der Waals surface area contributed by atoms with Crippen LogP contribution in [0.15, 0.2) is 22.0 Å². The SMILES string of the molecule is CO/N=C(/C(=O)NC1C(=O)N2C(C(=O)O)=C(OC)CSC12)c1csc(NC(=O)C(F)(F)F)n1. The number of aliphatic carboxylic acids is 1. The first-order valence-corrected chi connectivity index (χ1v) is 10.6. The van der Waals surface area contributed by atoms with Gasteiger partial charge < -0.3 is 20.0 Å². The first-order chi connectivity index (χ1) is 15.5. The number of carboxylic acids is 1. The number of oxime groups is 1. The molecule has 0 spiro atoms. The van der Waals surface area contributed by atoms with E-state index in [4.69, 9.17) is 4.74 Å². The molecule has 0 bridgehead atoms. The van der Waals surface area contributed by atoms with E-state index < -0.39 is 52.1 Å². The molecule has 3 rings (SSSR count). The number of thiazole rings is 1. The zero-order valence-corrected chi connectivity index (χ0v) is 18.3. The number of rotatable bonds is 7. The van der Waals surface area contributed by atoms with Gasteiger partial charge in [-0.1, -0.05) is 5.16 Å². The van der Waals surface area contributed by atoms with Crippen LogP contribution < -0.4 is 10.6 Å². The van der Waals surface area contributed by atoms with Gasteiger partial charge in [-0.3, -0.25) is 24.6 Å². The summed E-state index contributed by atoms with van der Waals surface area (Å²) in [5.74, 6) is -5.03. The van der Waals surface area contributed by atoms with Crippen molar-refractivity contribution in [3.63, 3.8) is 0 Å². The maximum atomic E-state index is 12.7. The van der Waals surface area contributed by atoms with Crippen molar-refractivity contribution < 1.29 is 47.0 Å². The largest absolute Gasteiger partial charge is 0.498 e. The topological polar surface area (TPSA) is 160 Å². The number of ether oxygens (including phenoxy) is 1. The Balaban J connectivity index is 1.75. The number of carbonyl (C=O) groups excluding carboxylic acids is 3. The highest BCUT2D eigenvalue weighted by atomic mass is 32.2. The Kier molecular flexibility index (Phi) is 6.82. The molecule has 3 amide bonds. The van der Waals surface area contributed by atoms with Crippen molar-refractivity contribution in [3.05, 3.63) is 22.5 Å². The van der Waals surface area contributed by atoms with Crippen molar-refractivity contribution >= 4 is 57.6 Å². The number of carbonyl (C=O) groups is 4. The Hall–Kier alpha value is -3.34. The number of anilines is 1. The number of nitrogens with one attached hydrogen (secondary N) is 2. The van der Waals surface area contributed by atoms with E-state index in [1.165, 1.54) is 7.11 Å². The molecule has 3 N–H and O–H groups in total. The molecule has 3 heterocycles. The van der Waals surface area contributed by atoms with Gasteiger partial charge in [0.25, 0.3) is 11.8 Å². The number of thioether (sulfide) groups is 1. The number of aromatic nitrogens is 1. The normalized spacial score (nSPS) is 20.6. The predicted octanol–water partition coefficient (Wildman–Crippen LogP) is 0.337. The summed E-state index contributed by atoms with van der Waals surface area (Å²) in [6.07, 6.45) is -5.13. The van der Waals surface area contributed by atoms with Crippen LogP contribution in [-0.4, -0.2) is 82.0 Å². The maximum absolute atomic E-state index is 12.7. The molecule has 33 heavy (non-hydrogen) atoms. The second kappa shape index (κ2) is 9.26. The highest BCUT2D eigenvalue weighted by molar-refractivity contribution is 8.00. The Morgan fingerprint density at radius 2 is 2.03 bits per heavy atom. The molecule has 12 nitrogen and oxygen atoms in total. The summed E-state index contributed by atoms with van der Waals surface area (Å²) >= 11 is 1.77. The van der Waals surface area contributed by atoms with Crippen LogP contribution in [0, 0.1) is 0 Å². The fourth-order valence-corrected chi connectivity index (χ4v) is 4.86. The Morgan fingerprint density at radius 3 is 2.61 bits per heavy atom. The highest BCUT2D eigenvalue weighted by Crippen LogP contribution is 2.40. The third kappa shape index (κ3) is 4.72. The number of alkyl halides is 3. The lowest BCUT2D eigenvalue weighted by Gasteiger charge is -2.48. The van der Waals surface area contributed by atoms with Crippen molar-refractivity contribution in [1.82, 2.24) is 15.2 Å². The number of hydrogen-bond acceptors (Lipinski definition) is 10. The summed E-state index contributed by atoms with van der Waals surface area (Å²) in [6.45, 7) is 0. The summed E-state index contributed by atoms with van der Waals surface area (Å²) in [5, 5.41) is 16.8. The molecular formula is C16H14F3N5O7S2. The van der Waals surface area contributed by atoms with E-state index in [-0.39, 0.29) is 22.9 Å². The Morgan fingerprint density at radius 1 is 1.33 bits per heavy atom. The van der Waals surface area contributed by atoms with Gasteiger partial charge >= 0.3 is 18.1 Å². The van der Waals surface area contributed by atoms with Crippen LogP contribution in [-0.2, 0) is 28.8 Å². The molecule has 2 aliphatic rings. The molecule has 2 atom stereocenters. The Labute approximate surface area is 190 Å². The molecule has 0 aliphatic carbocycles. The van der Waals surface area contributed by atoms with Gasteiger partial charge in [-0.25, -0.2) is 9.78 Å². The second-order valence-electron chi connectivity index (χ2n) is 6.25. The number of amides is 3. The van der Waals surface area contributed by atoms with Gasteiger partial charge in [0.2, 0.25) is 0 Å². The van der Waals surface area contributed by atoms with Crippen molar-refractivity contribution in [2.45, 2.75) is 17.6 Å². The maximum Gasteiger partial charge on any atom is 0.471 e. The molecule has 0 radical (unpaired) electrons. The molecule has 1 aromatic rings. The van der Waals surface area contributed by atoms with E-state index >= 15 is 0 Å². The van der Waals surface area contributed by atoms with Crippen LogP contribution in [0.5, 0.6) is 0 Å². The van der Waals surface area contributed by atoms with Gasteiger partial charge in [-0.05, 0) is 0 Å². The first kappa shape index (κ1) is 24.3. The molecule has 17 heteroatoms. The van der Waals surface area contributed by atoms with E-state index in [2.05, 4.69) is 20.3 Å². The average Bonchev–Trinajstić information content (AvgIpc) is 3.21. The quantitative estimate of drug-likeness (QED) is 0.268. The first-order valence-electron chi connectivity index (χ1n) is 8.70. The van der Waals surface area contributed by atoms with E-state index in [0.717, 1.165) is 29.2 Å². The number of carboxylic acid groups (broad SMARTS) is 1. The standard InChI is InChI=1S/C16H14F3N5O7S2/c1-30-6-4-32-12-8(11(26)24(12)9(6)13(27)28)21-10(25)7(23-31-2)5-3-33-15(20-5)22-14(29)16(17,18)19/h3,8,12H,4H2,1-2H3,(H,21,25)(H,27,28)(H,20,22,29)/b23-7+. The van der Waals surface area contributed by atoms with Gasteiger partial charge in [0, 0.05) is 5.38 Å². The molecular weight excluding hydrogens is 495 g/mol. The van der Waals surface area contributed by atoms with E-state index in [1.807, 2.05) is 0 Å². The van der Waals surface area contributed by atoms with Gasteiger partial charge in [0.05, 0.1) is 12.9 Å². The lowest BCUT2D eigenvalue weighted by Crippen LogP contribution is -2.71. The van der Waals surface area contributed by atoms with Crippen molar-refractivity contribution in [3.8, 4) is 0 Å². The number of halogens is 3. The van der Waals surface area contributed by atoms with Gasteiger partial charge in [0.15, 0.2) is 16.5 Å². The van der Waals surface area contributed by atoms with Gasteiger partial charge in [-0.15, -0.1) is 23.1 Å². The summed E-state index contributed by atoms with van der Waals surface area (Å²) < 4.78 is 42.2. The monoisotopic (exact) mass is 509 g/mol. The summed E-state index contributed by atoms with van der Waals surface area (Å²) in [7, 11) is 2.38. The molecule has 2 unspecified atom stereocenters. The smallest absolute Gasteiger partial charge is 0.471 e. The van der Waals surface area contributed by atoms with Crippen LogP contribution in [0.4, 0.5) is 18.3 Å². The van der Waals surface area contributed by atoms with E-state index in [1.54, 1.807) is 5.32 Å². The van der Waals surface area contributed by atoms with E-state index in [9.17, 15) is 37.5 Å². The van der Waals surface area contributed by atoms with Crippen molar-refractivity contribution in [2.75, 3.05) is 25.3 Å². The van der Waals surface area contributed by atoms with Crippen LogP contribution in [0.3, 0.4) is 0 Å². The van der Waals surface area contributed by atoms with Gasteiger partial charge in [0.1, 0.15) is 30.0 Å². The third-order valence-electron chi connectivity index (χ3n) is 4.29. The number of nitrogens with zero attached hydrogens (tertiary/aromatic N) is 3. The zero-order chi connectivity index (χ0) is 24.5. The molecule has 1 saturated heterocycles. The zero-order valence-electron chi connectivity index (χ0n) is 16.6. The third-order valence-corrected chi connectivity index (χ3v) is 6.30. The molecule has 2 aliphatic heterocycles. The van der Waals surface area contributed by atoms with E-state index in [0.29, 0.717) is 11.3 Å². The van der Waals surface area contributed by atoms with Crippen molar-refractivity contribution in [1.29, 1.82) is 0 Å². The summed E-state index contributed by atoms with van der Waals surface area (Å²) in [6, 6.07) is -1.11. The molecule has 0 aromatic carbocycles. The minimum atomic E-state index is -5.13. The van der Waals surface area contributed by atoms with Crippen LogP contribution >= 0.6 is 23.1 Å². The number of fused-ring (bicyclic) bond motifs is 1. The minimum Gasteiger partial charge on any atom is -0.498 e. The average molecular weight is 509 g/mol. The van der Waals surface area contributed by atoms with Crippen LogP contribution in [0.1, 0.15) is 5.69 Å². The Bertz CT molecular complexity index is 1070. The number of methoxy groups -OCH3 is 1. The molecule has 0 saturated carbocycles. The summed E-state index contributed by atoms with van der Waals surface area (Å²) in [4.78, 5) is 57.2. The fourth-order valence-electron chi connectivity index (χ4n) is 2.86. The molecule has 1 aromatic heterocycles. The van der Waals surface area contributed by atoms with Crippen molar-refractivity contribution in [2.24, 2.45) is 5.16 Å². The number of β-lactam (4-membered cyclic amide) rings is 1. The molecule has 178 valence electrons. The minimum absolute atomic E-state index is 0.0967. The number of hydrogen-bond donors (Lipinski definition) is 3. The van der Waals surface area contributed by atoms with Crippen LogP contribution in [0.25, 0.3) is 0 Å². The lowest BCUT2D eigenvalue weighted by atomic mass is 10.0. The summed E-state index contributed by atoms with van der Waals surface area (Å²) in [5.41, 5.74) is -1.02. The fraction of sp³-hybridized carbons (Fsp3) is 0.375. The van der Waals surface area contributed by atoms with Crippen LogP contribution in [0.2, 0.25) is 0 Å².